The van der Waals surface area contributed by atoms with Crippen molar-refractivity contribution in [3.63, 3.8) is 0 Å². The SMILES string of the molecule is C#CCCCCCCCS(=O)(=O)Oc1ccc2occ(C3CCC(=O)NC3=O)c2c1. The number of hydrogen-bond donors (Lipinski definition) is 1. The minimum atomic E-state index is -3.73. The Labute approximate surface area is 176 Å². The zero-order valence-corrected chi connectivity index (χ0v) is 17.5. The van der Waals surface area contributed by atoms with E-state index in [2.05, 4.69) is 11.2 Å². The van der Waals surface area contributed by atoms with Gasteiger partial charge in [-0.1, -0.05) is 19.3 Å². The fourth-order valence-electron chi connectivity index (χ4n) is 3.56. The van der Waals surface area contributed by atoms with Crippen LogP contribution in [0.3, 0.4) is 0 Å². The third kappa shape index (κ3) is 5.63. The fourth-order valence-corrected chi connectivity index (χ4v) is 4.60. The number of furan rings is 1. The fraction of sp³-hybridized carbons (Fsp3) is 0.455. The topological polar surface area (TPSA) is 103 Å². The summed E-state index contributed by atoms with van der Waals surface area (Å²) in [7, 11) is -3.73. The number of unbranched alkanes of at least 4 members (excludes halogenated alkanes) is 5. The molecule has 2 aromatic rings. The third-order valence-electron chi connectivity index (χ3n) is 5.13. The molecule has 0 saturated carbocycles. The number of carbonyl (C=O) groups excluding carboxylic acids is 2. The summed E-state index contributed by atoms with van der Waals surface area (Å²) in [5, 5.41) is 2.93. The first-order valence-electron chi connectivity index (χ1n) is 10.1. The summed E-state index contributed by atoms with van der Waals surface area (Å²) in [5.74, 6) is 1.50. The van der Waals surface area contributed by atoms with Gasteiger partial charge in [0, 0.05) is 23.8 Å². The zero-order valence-electron chi connectivity index (χ0n) is 16.7. The molecule has 1 unspecified atom stereocenters. The molecule has 30 heavy (non-hydrogen) atoms. The number of piperidine rings is 1. The number of nitrogens with one attached hydrogen (secondary N) is 1. The molecule has 2 heterocycles. The van der Waals surface area contributed by atoms with E-state index in [1.807, 2.05) is 0 Å². The number of rotatable bonds is 10. The van der Waals surface area contributed by atoms with Crippen LogP contribution in [0.25, 0.3) is 11.0 Å². The normalized spacial score (nSPS) is 17.0. The predicted octanol–water partition coefficient (Wildman–Crippen LogP) is 3.64. The maximum Gasteiger partial charge on any atom is 0.309 e. The van der Waals surface area contributed by atoms with Crippen molar-refractivity contribution in [3.05, 3.63) is 30.0 Å². The van der Waals surface area contributed by atoms with Crippen molar-refractivity contribution in [2.45, 2.75) is 57.3 Å². The van der Waals surface area contributed by atoms with E-state index in [0.29, 0.717) is 29.4 Å². The molecule has 7 nitrogen and oxygen atoms in total. The average Bonchev–Trinajstić information content (AvgIpc) is 3.10. The summed E-state index contributed by atoms with van der Waals surface area (Å²) in [4.78, 5) is 23.6. The van der Waals surface area contributed by atoms with Crippen LogP contribution in [-0.2, 0) is 19.7 Å². The molecule has 1 saturated heterocycles. The molecule has 3 rings (SSSR count). The summed E-state index contributed by atoms with van der Waals surface area (Å²) < 4.78 is 35.4. The highest BCUT2D eigenvalue weighted by Crippen LogP contribution is 2.34. The van der Waals surface area contributed by atoms with Gasteiger partial charge in [-0.2, -0.15) is 8.42 Å². The van der Waals surface area contributed by atoms with Gasteiger partial charge in [-0.25, -0.2) is 0 Å². The summed E-state index contributed by atoms with van der Waals surface area (Å²) in [5.41, 5.74) is 1.14. The van der Waals surface area contributed by atoms with E-state index in [9.17, 15) is 18.0 Å². The maximum atomic E-state index is 12.3. The first-order chi connectivity index (χ1) is 14.4. The van der Waals surface area contributed by atoms with Crippen molar-refractivity contribution < 1.29 is 26.6 Å². The second kappa shape index (κ2) is 9.81. The Morgan fingerprint density at radius 3 is 2.70 bits per heavy atom. The molecule has 1 fully saturated rings. The Kier molecular flexibility index (Phi) is 7.16. The highest BCUT2D eigenvalue weighted by atomic mass is 32.2. The van der Waals surface area contributed by atoms with E-state index < -0.39 is 16.0 Å². The maximum absolute atomic E-state index is 12.3. The Bertz CT molecular complexity index is 1060. The number of amides is 2. The van der Waals surface area contributed by atoms with E-state index in [1.165, 1.54) is 12.3 Å². The molecule has 2 amide bonds. The lowest BCUT2D eigenvalue weighted by Crippen LogP contribution is -2.39. The van der Waals surface area contributed by atoms with Gasteiger partial charge in [0.05, 0.1) is 17.9 Å². The number of imide groups is 1. The molecule has 0 spiro atoms. The Morgan fingerprint density at radius 1 is 1.17 bits per heavy atom. The van der Waals surface area contributed by atoms with Crippen molar-refractivity contribution in [3.8, 4) is 18.1 Å². The second-order valence-corrected chi connectivity index (χ2v) is 9.11. The Hall–Kier alpha value is -2.79. The van der Waals surface area contributed by atoms with Crippen LogP contribution in [0.5, 0.6) is 5.75 Å². The van der Waals surface area contributed by atoms with Gasteiger partial charge in [-0.3, -0.25) is 14.9 Å². The summed E-state index contributed by atoms with van der Waals surface area (Å²) in [6, 6.07) is 4.70. The smallest absolute Gasteiger partial charge is 0.309 e. The first kappa shape index (κ1) is 21.9. The van der Waals surface area contributed by atoms with Gasteiger partial charge in [0.2, 0.25) is 11.8 Å². The highest BCUT2D eigenvalue weighted by molar-refractivity contribution is 7.87. The van der Waals surface area contributed by atoms with Crippen LogP contribution in [0.15, 0.2) is 28.9 Å². The van der Waals surface area contributed by atoms with E-state index in [1.54, 1.807) is 12.1 Å². The van der Waals surface area contributed by atoms with E-state index in [-0.39, 0.29) is 29.7 Å². The van der Waals surface area contributed by atoms with Crippen molar-refractivity contribution >= 4 is 32.9 Å². The van der Waals surface area contributed by atoms with Gasteiger partial charge in [0.1, 0.15) is 11.3 Å². The quantitative estimate of drug-likeness (QED) is 0.267. The minimum Gasteiger partial charge on any atom is -0.464 e. The van der Waals surface area contributed by atoms with Crippen molar-refractivity contribution in [1.82, 2.24) is 5.32 Å². The average molecular weight is 432 g/mol. The molecule has 160 valence electrons. The monoisotopic (exact) mass is 431 g/mol. The van der Waals surface area contributed by atoms with Crippen LogP contribution < -0.4 is 9.50 Å². The molecule has 1 aliphatic heterocycles. The molecular formula is C22H25NO6S. The van der Waals surface area contributed by atoms with Crippen molar-refractivity contribution in [1.29, 1.82) is 0 Å². The largest absolute Gasteiger partial charge is 0.464 e. The molecule has 8 heteroatoms. The lowest BCUT2D eigenvalue weighted by molar-refractivity contribution is -0.134. The lowest BCUT2D eigenvalue weighted by atomic mass is 9.90. The number of terminal acetylenes is 1. The van der Waals surface area contributed by atoms with Crippen molar-refractivity contribution in [2.24, 2.45) is 0 Å². The van der Waals surface area contributed by atoms with E-state index >= 15 is 0 Å². The molecule has 0 bridgehead atoms. The van der Waals surface area contributed by atoms with Gasteiger partial charge in [-0.05, 0) is 37.5 Å². The predicted molar refractivity (Wildman–Crippen MR) is 112 cm³/mol. The summed E-state index contributed by atoms with van der Waals surface area (Å²) >= 11 is 0. The van der Waals surface area contributed by atoms with Gasteiger partial charge < -0.3 is 8.60 Å². The van der Waals surface area contributed by atoms with Gasteiger partial charge in [0.25, 0.3) is 0 Å². The van der Waals surface area contributed by atoms with Crippen LogP contribution in [0, 0.1) is 12.3 Å². The molecule has 1 aliphatic rings. The van der Waals surface area contributed by atoms with Gasteiger partial charge in [0.15, 0.2) is 0 Å². The van der Waals surface area contributed by atoms with Gasteiger partial charge >= 0.3 is 10.1 Å². The first-order valence-corrected chi connectivity index (χ1v) is 11.7. The molecule has 0 radical (unpaired) electrons. The summed E-state index contributed by atoms with van der Waals surface area (Å²) in [6.45, 7) is 0. The molecule has 0 aliphatic carbocycles. The Morgan fingerprint density at radius 2 is 1.93 bits per heavy atom. The molecule has 1 N–H and O–H groups in total. The van der Waals surface area contributed by atoms with Gasteiger partial charge in [-0.15, -0.1) is 12.3 Å². The van der Waals surface area contributed by atoms with Crippen LogP contribution in [0.2, 0.25) is 0 Å². The molecule has 1 atom stereocenters. The van der Waals surface area contributed by atoms with Crippen molar-refractivity contribution in [2.75, 3.05) is 5.75 Å². The summed E-state index contributed by atoms with van der Waals surface area (Å²) in [6.07, 6.45) is 12.3. The number of hydrogen-bond acceptors (Lipinski definition) is 6. The minimum absolute atomic E-state index is 0.0639. The number of fused-ring (bicyclic) bond motifs is 1. The second-order valence-electron chi connectivity index (χ2n) is 7.42. The zero-order chi connectivity index (χ0) is 21.6. The molecular weight excluding hydrogens is 406 g/mol. The Balaban J connectivity index is 1.63. The number of benzene rings is 1. The number of carbonyl (C=O) groups is 2. The lowest BCUT2D eigenvalue weighted by Gasteiger charge is -2.19. The van der Waals surface area contributed by atoms with E-state index in [4.69, 9.17) is 15.0 Å². The molecule has 1 aromatic heterocycles. The van der Waals surface area contributed by atoms with E-state index in [0.717, 1.165) is 32.1 Å². The highest BCUT2D eigenvalue weighted by Gasteiger charge is 2.30. The standard InChI is InChI=1S/C22H25NO6S/c1-2-3-4-5-6-7-8-13-30(26,27)29-16-9-11-20-18(14-16)19(15-28-20)17-10-12-21(24)23-22(17)25/h1,9,11,14-15,17H,3-8,10,12-13H2,(H,23,24,25). The van der Waals surface area contributed by atoms with Crippen LogP contribution in [-0.4, -0.2) is 26.0 Å². The third-order valence-corrected chi connectivity index (χ3v) is 6.36. The van der Waals surface area contributed by atoms with Crippen LogP contribution in [0.1, 0.15) is 62.8 Å². The van der Waals surface area contributed by atoms with Crippen LogP contribution in [0.4, 0.5) is 0 Å². The van der Waals surface area contributed by atoms with Crippen LogP contribution >= 0.6 is 0 Å². The molecule has 1 aromatic carbocycles.